The summed E-state index contributed by atoms with van der Waals surface area (Å²) >= 11 is 0. The van der Waals surface area contributed by atoms with Gasteiger partial charge in [0.05, 0.1) is 37.2 Å². The zero-order valence-electron chi connectivity index (χ0n) is 21.5. The number of hydrogen-bond acceptors (Lipinski definition) is 6. The smallest absolute Gasteiger partial charge is 0.312 e. The first-order valence-electron chi connectivity index (χ1n) is 13.1. The molecule has 3 rings (SSSR count). The molecule has 2 bridgehead atoms. The van der Waals surface area contributed by atoms with E-state index in [1.165, 1.54) is 4.90 Å². The highest BCUT2D eigenvalue weighted by Gasteiger charge is 2.75. The number of nitrogens with zero attached hydrogens (tertiary/aromatic N) is 2. The standard InChI is InChI=1S/C27H42N2O6/c1-6-9-10-11-16-34-26(33)21-20-13-14-27(35-20)22(21)24(31)29(19(5)17-30)23(27)25(32)28(15-8-3)18(4)12-7-2/h6,8,18-23,30H,1,3,7,9-17H2,2,4-5H3/t18?,19-,20+,21-,22+,23?,27?/m1/s1. The van der Waals surface area contributed by atoms with Gasteiger partial charge in [0.15, 0.2) is 0 Å². The number of hydrogen-bond donors (Lipinski definition) is 1. The van der Waals surface area contributed by atoms with E-state index in [9.17, 15) is 19.5 Å². The third-order valence-electron chi connectivity index (χ3n) is 7.88. The Balaban J connectivity index is 1.92. The third kappa shape index (κ3) is 4.92. The van der Waals surface area contributed by atoms with Crippen molar-refractivity contribution in [1.29, 1.82) is 0 Å². The Morgan fingerprint density at radius 2 is 2.06 bits per heavy atom. The van der Waals surface area contributed by atoms with Crippen LogP contribution >= 0.6 is 0 Å². The lowest BCUT2D eigenvalue weighted by Gasteiger charge is -2.40. The summed E-state index contributed by atoms with van der Waals surface area (Å²) in [7, 11) is 0. The Bertz CT molecular complexity index is 815. The number of esters is 1. The van der Waals surface area contributed by atoms with E-state index < -0.39 is 41.6 Å². The van der Waals surface area contributed by atoms with Crippen LogP contribution in [-0.4, -0.2) is 82.3 Å². The Morgan fingerprint density at radius 1 is 1.31 bits per heavy atom. The number of amides is 2. The van der Waals surface area contributed by atoms with Crippen molar-refractivity contribution < 1.29 is 29.0 Å². The average Bonchev–Trinajstić information content (AvgIpc) is 3.48. The van der Waals surface area contributed by atoms with Gasteiger partial charge in [0, 0.05) is 12.6 Å². The number of aliphatic hydroxyl groups is 1. The molecule has 8 heteroatoms. The molecule has 0 aromatic heterocycles. The summed E-state index contributed by atoms with van der Waals surface area (Å²) in [4.78, 5) is 44.3. The molecular formula is C27H42N2O6. The lowest BCUT2D eigenvalue weighted by molar-refractivity contribution is -0.156. The van der Waals surface area contributed by atoms with Crippen LogP contribution in [0.1, 0.15) is 65.7 Å². The van der Waals surface area contributed by atoms with Crippen molar-refractivity contribution in [3.05, 3.63) is 25.3 Å². The van der Waals surface area contributed by atoms with Gasteiger partial charge in [0.1, 0.15) is 11.6 Å². The third-order valence-corrected chi connectivity index (χ3v) is 7.88. The Kier molecular flexibility index (Phi) is 9.16. The van der Waals surface area contributed by atoms with Crippen molar-refractivity contribution in [3.63, 3.8) is 0 Å². The quantitative estimate of drug-likeness (QED) is 0.229. The molecule has 0 aliphatic carbocycles. The summed E-state index contributed by atoms with van der Waals surface area (Å²) in [6.45, 7) is 13.7. The lowest BCUT2D eigenvalue weighted by Crippen LogP contribution is -2.59. The minimum absolute atomic E-state index is 0.0442. The van der Waals surface area contributed by atoms with Crippen molar-refractivity contribution in [3.8, 4) is 0 Å². The molecular weight excluding hydrogens is 448 g/mol. The van der Waals surface area contributed by atoms with Gasteiger partial charge < -0.3 is 24.4 Å². The SMILES string of the molecule is C=CCCCCOC(=O)[C@@H]1[C@@H]2CCC3(O2)C(C(=O)N(CC=C)C(C)CCC)N([C@H](C)CO)C(=O)[C@H]13. The minimum atomic E-state index is -1.08. The number of unbranched alkanes of at least 4 members (excludes halogenated alkanes) is 2. The molecule has 7 atom stereocenters. The molecule has 0 saturated carbocycles. The number of aliphatic hydroxyl groups excluding tert-OH is 1. The second kappa shape index (κ2) is 11.7. The zero-order chi connectivity index (χ0) is 25.8. The highest BCUT2D eigenvalue weighted by Crippen LogP contribution is 2.59. The molecule has 0 aromatic carbocycles. The largest absolute Gasteiger partial charge is 0.465 e. The minimum Gasteiger partial charge on any atom is -0.465 e. The summed E-state index contributed by atoms with van der Waals surface area (Å²) in [5.74, 6) is -2.45. The van der Waals surface area contributed by atoms with Crippen LogP contribution in [0.5, 0.6) is 0 Å². The van der Waals surface area contributed by atoms with E-state index in [2.05, 4.69) is 20.1 Å². The number of likely N-dealkylation sites (tertiary alicyclic amines) is 1. The van der Waals surface area contributed by atoms with Crippen LogP contribution in [0.15, 0.2) is 25.3 Å². The van der Waals surface area contributed by atoms with Crippen LogP contribution in [0.3, 0.4) is 0 Å². The van der Waals surface area contributed by atoms with Gasteiger partial charge in [0.2, 0.25) is 11.8 Å². The summed E-state index contributed by atoms with van der Waals surface area (Å²) in [6.07, 6.45) is 8.38. The van der Waals surface area contributed by atoms with E-state index in [1.54, 1.807) is 17.9 Å². The van der Waals surface area contributed by atoms with Crippen LogP contribution in [0.4, 0.5) is 0 Å². The second-order valence-corrected chi connectivity index (χ2v) is 10.2. The van der Waals surface area contributed by atoms with Crippen molar-refractivity contribution in [2.45, 2.75) is 95.5 Å². The molecule has 2 amide bonds. The Morgan fingerprint density at radius 3 is 2.69 bits per heavy atom. The monoisotopic (exact) mass is 490 g/mol. The molecule has 3 saturated heterocycles. The van der Waals surface area contributed by atoms with Gasteiger partial charge in [-0.1, -0.05) is 25.5 Å². The highest BCUT2D eigenvalue weighted by molar-refractivity contribution is 5.98. The second-order valence-electron chi connectivity index (χ2n) is 10.2. The summed E-state index contributed by atoms with van der Waals surface area (Å²) < 4.78 is 12.0. The van der Waals surface area contributed by atoms with Gasteiger partial charge in [-0.05, 0) is 52.4 Å². The van der Waals surface area contributed by atoms with Gasteiger partial charge in [-0.2, -0.15) is 0 Å². The van der Waals surface area contributed by atoms with Crippen LogP contribution < -0.4 is 0 Å². The maximum absolute atomic E-state index is 14.1. The average molecular weight is 491 g/mol. The van der Waals surface area contributed by atoms with Gasteiger partial charge in [0.25, 0.3) is 0 Å². The van der Waals surface area contributed by atoms with E-state index in [0.29, 0.717) is 19.4 Å². The number of allylic oxidation sites excluding steroid dienone is 1. The lowest BCUT2D eigenvalue weighted by atomic mass is 9.70. The molecule has 196 valence electrons. The number of carbonyl (C=O) groups is 3. The fourth-order valence-electron chi connectivity index (χ4n) is 6.22. The molecule has 1 N–H and O–H groups in total. The number of rotatable bonds is 14. The van der Waals surface area contributed by atoms with Crippen LogP contribution in [0.25, 0.3) is 0 Å². The van der Waals surface area contributed by atoms with Crippen LogP contribution in [0, 0.1) is 11.8 Å². The topological polar surface area (TPSA) is 96.4 Å². The van der Waals surface area contributed by atoms with Crippen molar-refractivity contribution in [2.75, 3.05) is 19.8 Å². The van der Waals surface area contributed by atoms with E-state index in [1.807, 2.05) is 13.0 Å². The predicted molar refractivity (Wildman–Crippen MR) is 132 cm³/mol. The van der Waals surface area contributed by atoms with Gasteiger partial charge in [-0.25, -0.2) is 0 Å². The van der Waals surface area contributed by atoms with Crippen molar-refractivity contribution in [2.24, 2.45) is 11.8 Å². The predicted octanol–water partition coefficient (Wildman–Crippen LogP) is 2.84. The first-order chi connectivity index (χ1) is 16.8. The molecule has 1 spiro atoms. The van der Waals surface area contributed by atoms with Crippen molar-refractivity contribution >= 4 is 17.8 Å². The van der Waals surface area contributed by atoms with Crippen molar-refractivity contribution in [1.82, 2.24) is 9.80 Å². The molecule has 3 unspecified atom stereocenters. The molecule has 3 aliphatic heterocycles. The highest BCUT2D eigenvalue weighted by atomic mass is 16.6. The maximum atomic E-state index is 14.1. The fraction of sp³-hybridized carbons (Fsp3) is 0.741. The Hall–Kier alpha value is -2.19. The Labute approximate surface area is 209 Å². The molecule has 3 aliphatic rings. The van der Waals surface area contributed by atoms with Gasteiger partial charge >= 0.3 is 5.97 Å². The fourth-order valence-corrected chi connectivity index (χ4v) is 6.22. The van der Waals surface area contributed by atoms with E-state index in [0.717, 1.165) is 32.1 Å². The van der Waals surface area contributed by atoms with Gasteiger partial charge in [-0.15, -0.1) is 13.2 Å². The molecule has 0 radical (unpaired) electrons. The first-order valence-corrected chi connectivity index (χ1v) is 13.1. The van der Waals surface area contributed by atoms with E-state index >= 15 is 0 Å². The number of carbonyl (C=O) groups excluding carboxylic acids is 3. The van der Waals surface area contributed by atoms with Gasteiger partial charge in [-0.3, -0.25) is 14.4 Å². The van der Waals surface area contributed by atoms with E-state index in [-0.39, 0.29) is 31.1 Å². The van der Waals surface area contributed by atoms with Crippen LogP contribution in [0.2, 0.25) is 0 Å². The molecule has 35 heavy (non-hydrogen) atoms. The number of ether oxygens (including phenoxy) is 2. The molecule has 0 aromatic rings. The first kappa shape index (κ1) is 27.4. The van der Waals surface area contributed by atoms with E-state index in [4.69, 9.17) is 9.47 Å². The number of fused-ring (bicyclic) bond motifs is 1. The summed E-state index contributed by atoms with van der Waals surface area (Å²) in [5.41, 5.74) is -1.08. The molecule has 3 fully saturated rings. The zero-order valence-corrected chi connectivity index (χ0v) is 21.5. The maximum Gasteiger partial charge on any atom is 0.312 e. The molecule has 3 heterocycles. The summed E-state index contributed by atoms with van der Waals surface area (Å²) in [6, 6.07) is -1.52. The van der Waals surface area contributed by atoms with Crippen LogP contribution in [-0.2, 0) is 23.9 Å². The summed E-state index contributed by atoms with van der Waals surface area (Å²) in [5, 5.41) is 9.97. The molecule has 8 nitrogen and oxygen atoms in total. The normalized spacial score (nSPS) is 30.6.